The highest BCUT2D eigenvalue weighted by Gasteiger charge is 2.44. The summed E-state index contributed by atoms with van der Waals surface area (Å²) in [7, 11) is 0. The lowest BCUT2D eigenvalue weighted by molar-refractivity contribution is 0.463. The van der Waals surface area contributed by atoms with Crippen molar-refractivity contribution in [1.82, 2.24) is 14.5 Å². The number of para-hydroxylation sites is 3. The van der Waals surface area contributed by atoms with Gasteiger partial charge in [-0.25, -0.2) is 9.97 Å². The van der Waals surface area contributed by atoms with Gasteiger partial charge in [-0.3, -0.25) is 4.57 Å². The zero-order valence-corrected chi connectivity index (χ0v) is 37.1. The topological polar surface area (TPSA) is 46.4 Å². The first-order valence-corrected chi connectivity index (χ1v) is 21.9. The molecule has 0 radical (unpaired) electrons. The molecule has 9 aromatic rings. The summed E-state index contributed by atoms with van der Waals surface area (Å²) >= 11 is 0. The second-order valence-electron chi connectivity index (χ2n) is 17.6. The van der Waals surface area contributed by atoms with Crippen LogP contribution in [0.15, 0.2) is 146 Å². The predicted molar refractivity (Wildman–Crippen MR) is 263 cm³/mol. The molecule has 0 fully saturated rings. The molecule has 0 N–H and O–H groups in total. The minimum Gasteiger partial charge on any atom is -0.439 e. The summed E-state index contributed by atoms with van der Waals surface area (Å²) < 4.78 is 8.93. The Balaban J connectivity index is 1.24. The van der Waals surface area contributed by atoms with Gasteiger partial charge in [0.05, 0.1) is 28.1 Å². The molecule has 7 heteroatoms. The van der Waals surface area contributed by atoms with Gasteiger partial charge >= 0.3 is 0 Å². The fourth-order valence-corrected chi connectivity index (χ4v) is 10.8. The first kappa shape index (κ1) is 38.5. The van der Waals surface area contributed by atoms with E-state index in [-0.39, 0.29) is 6.71 Å². The molecule has 11 rings (SSSR count). The molecule has 2 aromatic heterocycles. The monoisotopic (exact) mass is 817 g/mol. The molecule has 0 amide bonds. The van der Waals surface area contributed by atoms with Crippen LogP contribution in [0.1, 0.15) is 44.5 Å². The van der Waals surface area contributed by atoms with E-state index in [2.05, 4.69) is 196 Å². The molecule has 0 spiro atoms. The van der Waals surface area contributed by atoms with Crippen LogP contribution in [0.2, 0.25) is 0 Å². The minimum atomic E-state index is -0.143. The average molecular weight is 818 g/mol. The van der Waals surface area contributed by atoms with Gasteiger partial charge in [-0.15, -0.1) is 0 Å². The number of fused-ring (bicyclic) bond motifs is 5. The summed E-state index contributed by atoms with van der Waals surface area (Å²) in [5.74, 6) is 2.22. The molecule has 2 aliphatic rings. The molecule has 0 bridgehead atoms. The Morgan fingerprint density at radius 1 is 0.476 bits per heavy atom. The van der Waals surface area contributed by atoms with E-state index in [1.807, 2.05) is 18.2 Å². The number of imidazole rings is 1. The van der Waals surface area contributed by atoms with E-state index >= 15 is 0 Å². The number of aromatic nitrogens is 3. The predicted octanol–water partition coefficient (Wildman–Crippen LogP) is 12.4. The van der Waals surface area contributed by atoms with Crippen molar-refractivity contribution in [2.75, 3.05) is 9.80 Å². The number of pyridine rings is 1. The van der Waals surface area contributed by atoms with Gasteiger partial charge in [0, 0.05) is 40.6 Å². The van der Waals surface area contributed by atoms with Gasteiger partial charge in [0.25, 0.3) is 6.71 Å². The molecule has 0 aliphatic carbocycles. The van der Waals surface area contributed by atoms with Crippen LogP contribution in [0.5, 0.6) is 11.6 Å². The van der Waals surface area contributed by atoms with E-state index in [0.717, 1.165) is 45.2 Å². The Labute approximate surface area is 370 Å². The number of benzene rings is 7. The normalized spacial score (nSPS) is 12.7. The number of hydrogen-bond acceptors (Lipinski definition) is 5. The maximum absolute atomic E-state index is 6.56. The smallest absolute Gasteiger partial charge is 0.252 e. The fourth-order valence-electron chi connectivity index (χ4n) is 10.8. The molecule has 0 saturated heterocycles. The number of rotatable bonds is 6. The molecule has 0 unspecified atom stereocenters. The highest BCUT2D eigenvalue weighted by Crippen LogP contribution is 2.48. The number of aryl methyl sites for hydroxylation is 8. The molecule has 2 aliphatic heterocycles. The molecule has 63 heavy (non-hydrogen) atoms. The van der Waals surface area contributed by atoms with E-state index in [0.29, 0.717) is 5.88 Å². The highest BCUT2D eigenvalue weighted by molar-refractivity contribution is 7.00. The van der Waals surface area contributed by atoms with Crippen LogP contribution >= 0.6 is 0 Å². The maximum Gasteiger partial charge on any atom is 0.252 e. The fraction of sp³-hybridized carbons (Fsp3) is 0.143. The second kappa shape index (κ2) is 14.6. The molecule has 7 aromatic carbocycles. The Bertz CT molecular complexity index is 3250. The van der Waals surface area contributed by atoms with Crippen molar-refractivity contribution >= 4 is 68.3 Å². The van der Waals surface area contributed by atoms with E-state index < -0.39 is 0 Å². The molecule has 306 valence electrons. The first-order chi connectivity index (χ1) is 30.5. The van der Waals surface area contributed by atoms with Gasteiger partial charge in [-0.05, 0) is 166 Å². The third kappa shape index (κ3) is 6.09. The second-order valence-corrected chi connectivity index (χ2v) is 17.6. The van der Waals surface area contributed by atoms with E-state index in [1.165, 1.54) is 83.6 Å². The van der Waals surface area contributed by atoms with Crippen molar-refractivity contribution < 1.29 is 4.74 Å². The van der Waals surface area contributed by atoms with Crippen LogP contribution in [0.3, 0.4) is 0 Å². The third-order valence-corrected chi connectivity index (χ3v) is 13.0. The van der Waals surface area contributed by atoms with Crippen LogP contribution in [0.4, 0.5) is 34.1 Å². The summed E-state index contributed by atoms with van der Waals surface area (Å²) in [6.45, 7) is 17.6. The van der Waals surface area contributed by atoms with Crippen molar-refractivity contribution in [3.8, 4) is 28.7 Å². The van der Waals surface area contributed by atoms with Crippen molar-refractivity contribution in [2.24, 2.45) is 0 Å². The lowest BCUT2D eigenvalue weighted by Crippen LogP contribution is -2.61. The Kier molecular flexibility index (Phi) is 8.95. The Morgan fingerprint density at radius 2 is 1.05 bits per heavy atom. The van der Waals surface area contributed by atoms with Crippen molar-refractivity contribution in [3.63, 3.8) is 0 Å². The molecule has 4 heterocycles. The minimum absolute atomic E-state index is 0.143. The van der Waals surface area contributed by atoms with Crippen LogP contribution in [0.25, 0.3) is 28.1 Å². The van der Waals surface area contributed by atoms with Gasteiger partial charge in [0.1, 0.15) is 11.6 Å². The van der Waals surface area contributed by atoms with Gasteiger partial charge < -0.3 is 14.5 Å². The summed E-state index contributed by atoms with van der Waals surface area (Å²) in [5, 5.41) is 0. The van der Waals surface area contributed by atoms with Gasteiger partial charge in [-0.2, -0.15) is 0 Å². The zero-order chi connectivity index (χ0) is 43.3. The van der Waals surface area contributed by atoms with Crippen molar-refractivity contribution in [1.29, 1.82) is 0 Å². The standard InChI is InChI=1S/C56H48BN5O/c1-33-27-37(5)54(38(6)28-33)60-46-24-22-41(56-59-45-17-9-10-18-48(45)62(56)53-35(3)15-13-16-36(53)4)31-43(46)57-44-32-42(63-51-21-11-12-26-58-51)23-25-47(44)61(50-20-14-19-49(60)52(50)57)55-39(7)29-34(2)30-40(55)8/h9-32H,1-8H3. The number of ether oxygens (including phenoxy) is 1. The number of hydrogen-bond donors (Lipinski definition) is 0. The average Bonchev–Trinajstić information content (AvgIpc) is 3.64. The lowest BCUT2D eigenvalue weighted by atomic mass is 9.33. The number of anilines is 6. The molecule has 0 atom stereocenters. The van der Waals surface area contributed by atoms with E-state index in [4.69, 9.17) is 9.72 Å². The number of nitrogens with zero attached hydrogens (tertiary/aromatic N) is 5. The van der Waals surface area contributed by atoms with Crippen molar-refractivity contribution in [2.45, 2.75) is 55.4 Å². The zero-order valence-electron chi connectivity index (χ0n) is 37.1. The molecular formula is C56H48BN5O. The SMILES string of the molecule is Cc1cc(C)c(N2c3ccc(Oc4ccccn4)cc3B3c4cc(-c5nc6ccccc6n5-c5c(C)cccc5C)ccc4N(c4c(C)cc(C)cc4C)c4cccc2c43)c(C)c1. The Morgan fingerprint density at radius 3 is 1.67 bits per heavy atom. The van der Waals surface area contributed by atoms with Crippen LogP contribution in [-0.2, 0) is 0 Å². The lowest BCUT2D eigenvalue weighted by Gasteiger charge is -2.45. The van der Waals surface area contributed by atoms with Crippen LogP contribution < -0.4 is 30.9 Å². The van der Waals surface area contributed by atoms with E-state index in [1.54, 1.807) is 6.20 Å². The van der Waals surface area contributed by atoms with Gasteiger partial charge in [-0.1, -0.05) is 83.9 Å². The molecule has 0 saturated carbocycles. The maximum atomic E-state index is 6.56. The van der Waals surface area contributed by atoms with Gasteiger partial charge in [0.2, 0.25) is 5.88 Å². The van der Waals surface area contributed by atoms with E-state index in [9.17, 15) is 0 Å². The van der Waals surface area contributed by atoms with Crippen LogP contribution in [0, 0.1) is 55.4 Å². The van der Waals surface area contributed by atoms with Crippen LogP contribution in [-0.4, -0.2) is 21.2 Å². The molecule has 6 nitrogen and oxygen atoms in total. The van der Waals surface area contributed by atoms with Gasteiger partial charge in [0.15, 0.2) is 0 Å². The Hall–Kier alpha value is -7.38. The summed E-state index contributed by atoms with van der Waals surface area (Å²) in [4.78, 5) is 15.0. The van der Waals surface area contributed by atoms with Crippen molar-refractivity contribution in [3.05, 3.63) is 190 Å². The summed E-state index contributed by atoms with van der Waals surface area (Å²) in [6, 6.07) is 50.5. The quantitative estimate of drug-likeness (QED) is 0.156. The molecular weight excluding hydrogens is 769 g/mol. The highest BCUT2D eigenvalue weighted by atomic mass is 16.5. The summed E-state index contributed by atoms with van der Waals surface area (Å²) in [5.41, 5.74) is 24.8. The summed E-state index contributed by atoms with van der Waals surface area (Å²) in [6.07, 6.45) is 1.77. The third-order valence-electron chi connectivity index (χ3n) is 13.0. The first-order valence-electron chi connectivity index (χ1n) is 21.9. The largest absolute Gasteiger partial charge is 0.439 e.